The van der Waals surface area contributed by atoms with Crippen LogP contribution in [-0.2, 0) is 26.2 Å². The summed E-state index contributed by atoms with van der Waals surface area (Å²) in [5.41, 5.74) is 16.7. The van der Waals surface area contributed by atoms with Crippen LogP contribution in [0.4, 0.5) is 0 Å². The minimum atomic E-state index is -1.47. The number of halogens is 2. The predicted octanol–water partition coefficient (Wildman–Crippen LogP) is 2.68. The second-order valence-electron chi connectivity index (χ2n) is 11.1. The summed E-state index contributed by atoms with van der Waals surface area (Å²) >= 11 is 0. The predicted molar refractivity (Wildman–Crippen MR) is 151 cm³/mol. The van der Waals surface area contributed by atoms with Crippen molar-refractivity contribution in [3.63, 3.8) is 0 Å². The van der Waals surface area contributed by atoms with Crippen LogP contribution in [0, 0.1) is 6.92 Å². The molecule has 2 aliphatic heterocycles. The van der Waals surface area contributed by atoms with Crippen LogP contribution in [0.2, 0.25) is 13.1 Å². The number of rotatable bonds is 3. The standard InChI is InChI=1S/C33H31NSi.2ClH.Zr/c1-20-19-27-25(23-13-8-6-9-14-23)17-12-18-26(27)28(20)29-22(3)34(24-15-10-7-11-16-24)31-30(29)32-21(2)33(31)35(32,4)5;;;/h6-19,28,32H,1-5H3;2*1H;/q;;;+2/p-2. The molecule has 2 atom stereocenters. The Kier molecular flexibility index (Phi) is 7.85. The van der Waals surface area contributed by atoms with Gasteiger partial charge < -0.3 is 29.4 Å². The smallest absolute Gasteiger partial charge is 1.00 e. The Labute approximate surface area is 259 Å². The molecule has 38 heavy (non-hydrogen) atoms. The molecule has 8 rings (SSSR count). The third kappa shape index (κ3) is 3.73. The van der Waals surface area contributed by atoms with Gasteiger partial charge in [-0.3, -0.25) is 0 Å². The maximum Gasteiger partial charge on any atom is 2.00 e. The van der Waals surface area contributed by atoms with E-state index in [0.717, 1.165) is 0 Å². The molecule has 1 aromatic heterocycles. The molecule has 0 amide bonds. The Hall–Kier alpha value is -1.90. The van der Waals surface area contributed by atoms with Gasteiger partial charge in [-0.1, -0.05) is 97.0 Å². The van der Waals surface area contributed by atoms with E-state index < -0.39 is 8.07 Å². The first-order valence-electron chi connectivity index (χ1n) is 12.8. The topological polar surface area (TPSA) is 4.93 Å². The average Bonchev–Trinajstić information content (AvgIpc) is 3.51. The molecule has 4 aromatic rings. The molecular formula is C33H31Cl2NSiZr. The van der Waals surface area contributed by atoms with Crippen LogP contribution in [0.3, 0.4) is 0 Å². The van der Waals surface area contributed by atoms with Crippen molar-refractivity contribution in [1.82, 2.24) is 4.57 Å². The second kappa shape index (κ2) is 10.3. The molecule has 1 nitrogen and oxygen atoms in total. The van der Waals surface area contributed by atoms with E-state index in [4.69, 9.17) is 0 Å². The average molecular weight is 632 g/mol. The van der Waals surface area contributed by atoms with E-state index >= 15 is 0 Å². The Morgan fingerprint density at radius 2 is 1.37 bits per heavy atom. The number of benzene rings is 3. The maximum atomic E-state index is 2.59. The van der Waals surface area contributed by atoms with Crippen LogP contribution in [0.5, 0.6) is 0 Å². The van der Waals surface area contributed by atoms with Gasteiger partial charge >= 0.3 is 26.2 Å². The van der Waals surface area contributed by atoms with Crippen LogP contribution in [-0.4, -0.2) is 12.6 Å². The van der Waals surface area contributed by atoms with Gasteiger partial charge in [-0.2, -0.15) is 0 Å². The third-order valence-electron chi connectivity index (χ3n) is 8.88. The fraction of sp³-hybridized carbons (Fsp3) is 0.212. The fourth-order valence-electron chi connectivity index (χ4n) is 7.67. The summed E-state index contributed by atoms with van der Waals surface area (Å²) in [4.78, 5) is 0. The molecule has 0 radical (unpaired) electrons. The molecule has 0 saturated heterocycles. The molecular weight excluding hydrogens is 601 g/mol. The van der Waals surface area contributed by atoms with Gasteiger partial charge in [0.1, 0.15) is 0 Å². The van der Waals surface area contributed by atoms with Crippen LogP contribution in [0.25, 0.3) is 28.1 Å². The quantitative estimate of drug-likeness (QED) is 0.307. The number of para-hydroxylation sites is 1. The maximum absolute atomic E-state index is 2.59. The van der Waals surface area contributed by atoms with Gasteiger partial charge in [0.05, 0.1) is 8.07 Å². The van der Waals surface area contributed by atoms with Gasteiger partial charge in [0.2, 0.25) is 0 Å². The van der Waals surface area contributed by atoms with Gasteiger partial charge in [-0.25, -0.2) is 0 Å². The van der Waals surface area contributed by atoms with Crippen molar-refractivity contribution in [2.45, 2.75) is 45.3 Å². The summed E-state index contributed by atoms with van der Waals surface area (Å²) in [7, 11) is -1.47. The number of hydrogen-bond acceptors (Lipinski definition) is 0. The molecule has 190 valence electrons. The number of hydrogen-bond donors (Lipinski definition) is 0. The number of allylic oxidation sites excluding steroid dienone is 2. The third-order valence-corrected chi connectivity index (χ3v) is 13.0. The molecule has 2 unspecified atom stereocenters. The van der Waals surface area contributed by atoms with E-state index in [9.17, 15) is 0 Å². The molecule has 2 bridgehead atoms. The van der Waals surface area contributed by atoms with E-state index in [0.29, 0.717) is 11.5 Å². The monoisotopic (exact) mass is 629 g/mol. The Morgan fingerprint density at radius 3 is 2.00 bits per heavy atom. The minimum Gasteiger partial charge on any atom is -1.00 e. The molecule has 0 N–H and O–H groups in total. The zero-order valence-electron chi connectivity index (χ0n) is 22.4. The zero-order valence-corrected chi connectivity index (χ0v) is 27.4. The van der Waals surface area contributed by atoms with Gasteiger partial charge in [0.15, 0.2) is 0 Å². The van der Waals surface area contributed by atoms with E-state index in [-0.39, 0.29) is 51.0 Å². The Bertz CT molecular complexity index is 1600. The first kappa shape index (κ1) is 29.1. The van der Waals surface area contributed by atoms with E-state index in [1.54, 1.807) is 21.9 Å². The Morgan fingerprint density at radius 1 is 0.737 bits per heavy atom. The summed E-state index contributed by atoms with van der Waals surface area (Å²) in [5, 5.41) is 1.70. The summed E-state index contributed by atoms with van der Waals surface area (Å²) in [6.45, 7) is 12.2. The van der Waals surface area contributed by atoms with Crippen LogP contribution >= 0.6 is 0 Å². The minimum absolute atomic E-state index is 0. The summed E-state index contributed by atoms with van der Waals surface area (Å²) in [5.74, 6) is 0.324. The van der Waals surface area contributed by atoms with Crippen LogP contribution < -0.4 is 24.8 Å². The molecule has 3 heterocycles. The van der Waals surface area contributed by atoms with Gasteiger partial charge in [0.25, 0.3) is 0 Å². The fourth-order valence-corrected chi connectivity index (χ4v) is 12.0. The van der Waals surface area contributed by atoms with E-state index in [2.05, 4.69) is 123 Å². The van der Waals surface area contributed by atoms with E-state index in [1.165, 1.54) is 44.9 Å². The SMILES string of the molecule is CC1=Cc2c(-c3ccccc3)cccc2C1c1c2c(n(-c3ccccc3)c1C)C1=C(C)C2[Si]1(C)C.[Cl-].[Cl-].[Zr+2]. The van der Waals surface area contributed by atoms with E-state index in [1.807, 2.05) is 0 Å². The number of aromatic nitrogens is 1. The van der Waals surface area contributed by atoms with Gasteiger partial charge in [-0.05, 0) is 71.5 Å². The Balaban J connectivity index is 0.00000112. The zero-order chi connectivity index (χ0) is 24.1. The normalized spacial score (nSPS) is 19.3. The van der Waals surface area contributed by atoms with Crippen molar-refractivity contribution in [3.8, 4) is 16.8 Å². The molecule has 3 aromatic carbocycles. The first-order valence-corrected chi connectivity index (χ1v) is 15.9. The first-order chi connectivity index (χ1) is 16.9. The van der Waals surface area contributed by atoms with Crippen molar-refractivity contribution < 1.29 is 51.0 Å². The molecule has 0 saturated carbocycles. The summed E-state index contributed by atoms with van der Waals surface area (Å²) in [6, 6.07) is 28.8. The van der Waals surface area contributed by atoms with Crippen LogP contribution in [0.1, 0.15) is 58.9 Å². The molecule has 0 spiro atoms. The number of fused-ring (bicyclic) bond motifs is 1. The number of nitrogens with zero attached hydrogens (tertiary/aromatic N) is 1. The van der Waals surface area contributed by atoms with Crippen molar-refractivity contribution in [2.24, 2.45) is 0 Å². The summed E-state index contributed by atoms with van der Waals surface area (Å²) < 4.78 is 2.59. The van der Waals surface area contributed by atoms with Crippen molar-refractivity contribution in [3.05, 3.63) is 124 Å². The second-order valence-corrected chi connectivity index (χ2v) is 15.7. The largest absolute Gasteiger partial charge is 2.00 e. The van der Waals surface area contributed by atoms with Crippen molar-refractivity contribution >= 4 is 19.3 Å². The molecule has 4 aliphatic rings. The van der Waals surface area contributed by atoms with Crippen LogP contribution in [0.15, 0.2) is 90.0 Å². The van der Waals surface area contributed by atoms with Crippen molar-refractivity contribution in [1.29, 1.82) is 0 Å². The molecule has 5 heteroatoms. The summed E-state index contributed by atoms with van der Waals surface area (Å²) in [6.07, 6.45) is 2.46. The van der Waals surface area contributed by atoms with Gasteiger partial charge in [-0.15, -0.1) is 0 Å². The van der Waals surface area contributed by atoms with Gasteiger partial charge in [0, 0.05) is 28.5 Å². The molecule has 0 fully saturated rings. The van der Waals surface area contributed by atoms with Crippen molar-refractivity contribution in [2.75, 3.05) is 0 Å². The molecule has 2 aliphatic carbocycles.